The van der Waals surface area contributed by atoms with Crippen LogP contribution in [0, 0.1) is 20.8 Å². The van der Waals surface area contributed by atoms with Crippen LogP contribution in [0.5, 0.6) is 5.75 Å². The molecule has 2 aliphatic heterocycles. The predicted molar refractivity (Wildman–Crippen MR) is 156 cm³/mol. The molecule has 0 aromatic heterocycles. The lowest BCUT2D eigenvalue weighted by atomic mass is 10.0. The Balaban J connectivity index is 1.26. The molecule has 0 atom stereocenters. The Morgan fingerprint density at radius 2 is 1.64 bits per heavy atom. The van der Waals surface area contributed by atoms with Gasteiger partial charge in [-0.05, 0) is 100.0 Å². The zero-order valence-electron chi connectivity index (χ0n) is 24.1. The zero-order valence-corrected chi connectivity index (χ0v) is 24.9. The number of carbonyl (C=O) groups is 1. The van der Waals surface area contributed by atoms with E-state index in [0.717, 1.165) is 24.7 Å². The van der Waals surface area contributed by atoms with E-state index < -0.39 is 10.0 Å². The maximum Gasteiger partial charge on any atom is 0.243 e. The number of hydrogen-bond acceptors (Lipinski definition) is 6. The van der Waals surface area contributed by atoms with E-state index in [0.29, 0.717) is 23.4 Å². The van der Waals surface area contributed by atoms with Crippen molar-refractivity contribution in [3.63, 3.8) is 0 Å². The largest absolute Gasteiger partial charge is 0.497 e. The standard InChI is InChI=1S/C30H44N4O4S/c1-22-18-25(8-9-28(22)34-16-10-26(11-17-34)33-13-6-7-14-33)21-31-29(35)12-15-32(4)39(36,37)30-23(2)19-27(38-5)20-24(30)3/h8-9,18-20,26H,6-7,10-17,21H2,1-5H3,(H,31,35). The van der Waals surface area contributed by atoms with Gasteiger partial charge in [0.05, 0.1) is 12.0 Å². The van der Waals surface area contributed by atoms with Crippen molar-refractivity contribution in [3.8, 4) is 5.75 Å². The van der Waals surface area contributed by atoms with Crippen LogP contribution in [0.1, 0.15) is 54.4 Å². The highest BCUT2D eigenvalue weighted by molar-refractivity contribution is 7.89. The summed E-state index contributed by atoms with van der Waals surface area (Å²) >= 11 is 0. The second-order valence-electron chi connectivity index (χ2n) is 11.0. The van der Waals surface area contributed by atoms with E-state index in [1.807, 2.05) is 0 Å². The number of amides is 1. The Labute approximate surface area is 234 Å². The molecule has 0 saturated carbocycles. The van der Waals surface area contributed by atoms with Crippen LogP contribution in [0.3, 0.4) is 0 Å². The van der Waals surface area contributed by atoms with Crippen LogP contribution >= 0.6 is 0 Å². The Kier molecular flexibility index (Phi) is 9.56. The Hall–Kier alpha value is -2.62. The Morgan fingerprint density at radius 1 is 1.00 bits per heavy atom. The molecule has 2 aromatic rings. The van der Waals surface area contributed by atoms with Gasteiger partial charge in [-0.15, -0.1) is 0 Å². The van der Waals surface area contributed by atoms with Crippen LogP contribution in [-0.2, 0) is 21.4 Å². The first-order valence-electron chi connectivity index (χ1n) is 14.1. The van der Waals surface area contributed by atoms with Gasteiger partial charge >= 0.3 is 0 Å². The van der Waals surface area contributed by atoms with Gasteiger partial charge in [-0.2, -0.15) is 0 Å². The maximum absolute atomic E-state index is 13.2. The van der Waals surface area contributed by atoms with E-state index in [2.05, 4.69) is 40.2 Å². The molecule has 0 aliphatic carbocycles. The number of aryl methyl sites for hydroxylation is 3. The molecular formula is C30H44N4O4S. The molecule has 1 amide bonds. The van der Waals surface area contributed by atoms with Crippen molar-refractivity contribution in [3.05, 3.63) is 52.6 Å². The van der Waals surface area contributed by atoms with Gasteiger partial charge in [-0.3, -0.25) is 4.79 Å². The molecule has 2 aliphatic rings. The second kappa shape index (κ2) is 12.7. The van der Waals surface area contributed by atoms with Gasteiger partial charge in [0.15, 0.2) is 0 Å². The van der Waals surface area contributed by atoms with Crippen LogP contribution in [0.15, 0.2) is 35.2 Å². The molecule has 2 heterocycles. The molecule has 214 valence electrons. The van der Waals surface area contributed by atoms with E-state index in [1.165, 1.54) is 61.4 Å². The molecule has 0 bridgehead atoms. The van der Waals surface area contributed by atoms with Crippen LogP contribution in [-0.4, -0.2) is 76.5 Å². The Bertz CT molecular complexity index is 1240. The summed E-state index contributed by atoms with van der Waals surface area (Å²) in [5.74, 6) is 0.447. The van der Waals surface area contributed by atoms with Gasteiger partial charge in [0.1, 0.15) is 5.75 Å². The number of piperidine rings is 1. The van der Waals surface area contributed by atoms with Crippen LogP contribution < -0.4 is 15.0 Å². The lowest BCUT2D eigenvalue weighted by Crippen LogP contribution is -2.44. The molecule has 2 saturated heterocycles. The molecule has 4 rings (SSSR count). The summed E-state index contributed by atoms with van der Waals surface area (Å²) in [4.78, 5) is 18.0. The maximum atomic E-state index is 13.2. The van der Waals surface area contributed by atoms with Gasteiger partial charge in [-0.1, -0.05) is 12.1 Å². The number of anilines is 1. The van der Waals surface area contributed by atoms with E-state index in [4.69, 9.17) is 4.74 Å². The molecule has 1 N–H and O–H groups in total. The normalized spacial score (nSPS) is 17.1. The molecule has 39 heavy (non-hydrogen) atoms. The van der Waals surface area contributed by atoms with Crippen molar-refractivity contribution >= 4 is 21.6 Å². The number of likely N-dealkylation sites (tertiary alicyclic amines) is 1. The minimum Gasteiger partial charge on any atom is -0.497 e. The molecule has 2 aromatic carbocycles. The van der Waals surface area contributed by atoms with Crippen molar-refractivity contribution in [2.45, 2.75) is 70.4 Å². The minimum absolute atomic E-state index is 0.0903. The number of nitrogens with zero attached hydrogens (tertiary/aromatic N) is 3. The molecule has 8 nitrogen and oxygen atoms in total. The highest BCUT2D eigenvalue weighted by Crippen LogP contribution is 2.29. The minimum atomic E-state index is -3.73. The van der Waals surface area contributed by atoms with E-state index in [9.17, 15) is 13.2 Å². The van der Waals surface area contributed by atoms with Gasteiger partial charge < -0.3 is 19.9 Å². The summed E-state index contributed by atoms with van der Waals surface area (Å²) < 4.78 is 32.9. The number of nitrogens with one attached hydrogen (secondary N) is 1. The van der Waals surface area contributed by atoms with E-state index in [1.54, 1.807) is 33.1 Å². The van der Waals surface area contributed by atoms with Crippen molar-refractivity contribution < 1.29 is 17.9 Å². The molecule has 0 spiro atoms. The number of hydrogen-bond donors (Lipinski definition) is 1. The van der Waals surface area contributed by atoms with E-state index in [-0.39, 0.29) is 23.8 Å². The average Bonchev–Trinajstić information content (AvgIpc) is 3.45. The van der Waals surface area contributed by atoms with Gasteiger partial charge in [0.25, 0.3) is 0 Å². The first kappa shape index (κ1) is 29.4. The van der Waals surface area contributed by atoms with Crippen molar-refractivity contribution in [2.24, 2.45) is 0 Å². The molecule has 2 fully saturated rings. The fourth-order valence-corrected chi connectivity index (χ4v) is 7.60. The number of methoxy groups -OCH3 is 1. The first-order chi connectivity index (χ1) is 18.6. The molecule has 9 heteroatoms. The fraction of sp³-hybridized carbons (Fsp3) is 0.567. The summed E-state index contributed by atoms with van der Waals surface area (Å²) in [6.07, 6.45) is 5.22. The van der Waals surface area contributed by atoms with Crippen LogP contribution in [0.4, 0.5) is 5.69 Å². The third kappa shape index (κ3) is 6.94. The third-order valence-corrected chi connectivity index (χ3v) is 10.4. The Morgan fingerprint density at radius 3 is 2.23 bits per heavy atom. The molecule has 0 unspecified atom stereocenters. The number of carbonyl (C=O) groups excluding carboxylic acids is 1. The number of ether oxygens (including phenoxy) is 1. The summed E-state index contributed by atoms with van der Waals surface area (Å²) in [5, 5.41) is 2.95. The predicted octanol–water partition coefficient (Wildman–Crippen LogP) is 4.01. The second-order valence-corrected chi connectivity index (χ2v) is 13.0. The third-order valence-electron chi connectivity index (χ3n) is 8.20. The number of rotatable bonds is 10. The van der Waals surface area contributed by atoms with E-state index >= 15 is 0 Å². The lowest BCUT2D eigenvalue weighted by Gasteiger charge is -2.38. The van der Waals surface area contributed by atoms with Crippen molar-refractivity contribution in [1.82, 2.24) is 14.5 Å². The SMILES string of the molecule is COc1cc(C)c(S(=O)(=O)N(C)CCC(=O)NCc2ccc(N3CCC(N4CCCC4)CC3)c(C)c2)c(C)c1. The fourth-order valence-electron chi connectivity index (χ4n) is 6.02. The van der Waals surface area contributed by atoms with Crippen LogP contribution in [0.2, 0.25) is 0 Å². The smallest absolute Gasteiger partial charge is 0.243 e. The highest BCUT2D eigenvalue weighted by Gasteiger charge is 2.27. The number of sulfonamides is 1. The molecule has 0 radical (unpaired) electrons. The zero-order chi connectivity index (χ0) is 28.2. The number of benzene rings is 2. The van der Waals surface area contributed by atoms with Gasteiger partial charge in [0, 0.05) is 51.4 Å². The van der Waals surface area contributed by atoms with Crippen LogP contribution in [0.25, 0.3) is 0 Å². The monoisotopic (exact) mass is 556 g/mol. The molecular weight excluding hydrogens is 512 g/mol. The topological polar surface area (TPSA) is 82.2 Å². The summed E-state index contributed by atoms with van der Waals surface area (Å²) in [5.41, 5.74) is 4.79. The van der Waals surface area contributed by atoms with Crippen molar-refractivity contribution in [2.75, 3.05) is 51.8 Å². The van der Waals surface area contributed by atoms with Gasteiger partial charge in [-0.25, -0.2) is 12.7 Å². The lowest BCUT2D eigenvalue weighted by molar-refractivity contribution is -0.121. The summed E-state index contributed by atoms with van der Waals surface area (Å²) in [6.45, 7) is 10.9. The van der Waals surface area contributed by atoms with Crippen molar-refractivity contribution in [1.29, 1.82) is 0 Å². The average molecular weight is 557 g/mol. The van der Waals surface area contributed by atoms with Gasteiger partial charge in [0.2, 0.25) is 15.9 Å². The first-order valence-corrected chi connectivity index (χ1v) is 15.5. The highest BCUT2D eigenvalue weighted by atomic mass is 32.2. The summed E-state index contributed by atoms with van der Waals surface area (Å²) in [6, 6.07) is 10.6. The summed E-state index contributed by atoms with van der Waals surface area (Å²) in [7, 11) is -0.655. The quantitative estimate of drug-likeness (QED) is 0.476.